The molecule has 2 N–H and O–H groups in total. The van der Waals surface area contributed by atoms with Crippen LogP contribution in [0, 0.1) is 0 Å². The predicted molar refractivity (Wildman–Crippen MR) is 75.8 cm³/mol. The Hall–Kier alpha value is -0.650. The van der Waals surface area contributed by atoms with Gasteiger partial charge in [0.1, 0.15) is 0 Å². The predicted octanol–water partition coefficient (Wildman–Crippen LogP) is 2.97. The quantitative estimate of drug-likeness (QED) is 0.819. The van der Waals surface area contributed by atoms with Crippen LogP contribution >= 0.6 is 27.5 Å². The highest BCUT2D eigenvalue weighted by Gasteiger charge is 2.34. The largest absolute Gasteiger partial charge is 0.322 e. The van der Waals surface area contributed by atoms with Crippen molar-refractivity contribution in [2.45, 2.75) is 31.7 Å². The zero-order chi connectivity index (χ0) is 13.2. The molecule has 6 heteroatoms. The van der Waals surface area contributed by atoms with Gasteiger partial charge >= 0.3 is 0 Å². The summed E-state index contributed by atoms with van der Waals surface area (Å²) >= 11 is 9.27. The number of nitrogens with zero attached hydrogens (tertiary/aromatic N) is 1. The molecule has 4 nitrogen and oxygen atoms in total. The van der Waals surface area contributed by atoms with Crippen molar-refractivity contribution < 1.29 is 4.79 Å². The molecule has 0 aromatic carbocycles. The normalized spacial score (nSPS) is 23.7. The lowest BCUT2D eigenvalue weighted by Gasteiger charge is -2.33. The van der Waals surface area contributed by atoms with Crippen LogP contribution in [0.25, 0.3) is 0 Å². The van der Waals surface area contributed by atoms with E-state index < -0.39 is 5.54 Å². The maximum atomic E-state index is 12.3. The van der Waals surface area contributed by atoms with Crippen LogP contribution in [0.3, 0.4) is 0 Å². The third-order valence-corrected chi connectivity index (χ3v) is 3.91. The third kappa shape index (κ3) is 3.02. The molecule has 1 fully saturated rings. The van der Waals surface area contributed by atoms with Crippen molar-refractivity contribution in [3.63, 3.8) is 0 Å². The lowest BCUT2D eigenvalue weighted by Crippen LogP contribution is -2.54. The zero-order valence-corrected chi connectivity index (χ0v) is 12.4. The van der Waals surface area contributed by atoms with Crippen LogP contribution in [0.15, 0.2) is 16.7 Å². The molecule has 18 heavy (non-hydrogen) atoms. The molecule has 1 saturated heterocycles. The smallest absolute Gasteiger partial charge is 0.244 e. The molecule has 0 aliphatic carbocycles. The van der Waals surface area contributed by atoms with Crippen molar-refractivity contribution in [3.8, 4) is 0 Å². The second-order valence-electron chi connectivity index (χ2n) is 4.66. The molecule has 2 rings (SSSR count). The number of hydrogen-bond donors (Lipinski definition) is 2. The Morgan fingerprint density at radius 2 is 2.39 bits per heavy atom. The number of carbonyl (C=O) groups is 1. The van der Waals surface area contributed by atoms with Crippen LogP contribution in [0.5, 0.6) is 0 Å². The fraction of sp³-hybridized carbons (Fsp3) is 0.500. The van der Waals surface area contributed by atoms with Gasteiger partial charge in [0, 0.05) is 10.7 Å². The van der Waals surface area contributed by atoms with Crippen LogP contribution in [0.2, 0.25) is 5.15 Å². The molecular weight excluding hydrogens is 318 g/mol. The molecule has 0 spiro atoms. The van der Waals surface area contributed by atoms with Crippen molar-refractivity contribution in [1.29, 1.82) is 0 Å². The minimum atomic E-state index is -0.524. The number of hydrogen-bond acceptors (Lipinski definition) is 3. The van der Waals surface area contributed by atoms with Crippen LogP contribution in [0.1, 0.15) is 26.2 Å². The number of pyridine rings is 1. The van der Waals surface area contributed by atoms with Gasteiger partial charge in [-0.25, -0.2) is 4.98 Å². The summed E-state index contributed by atoms with van der Waals surface area (Å²) in [6.07, 6.45) is 4.60. The monoisotopic (exact) mass is 331 g/mol. The Morgan fingerprint density at radius 3 is 3.06 bits per heavy atom. The van der Waals surface area contributed by atoms with Crippen LogP contribution in [-0.4, -0.2) is 23.0 Å². The van der Waals surface area contributed by atoms with E-state index in [-0.39, 0.29) is 5.91 Å². The Bertz CT molecular complexity index is 461. The van der Waals surface area contributed by atoms with Gasteiger partial charge < -0.3 is 10.6 Å². The Balaban J connectivity index is 2.13. The van der Waals surface area contributed by atoms with E-state index in [9.17, 15) is 4.79 Å². The van der Waals surface area contributed by atoms with Gasteiger partial charge in [0.05, 0.1) is 11.2 Å². The van der Waals surface area contributed by atoms with Crippen molar-refractivity contribution in [2.75, 3.05) is 11.9 Å². The molecule has 1 amide bonds. The molecule has 1 atom stereocenters. The minimum absolute atomic E-state index is 0.0657. The highest BCUT2D eigenvalue weighted by molar-refractivity contribution is 9.10. The fourth-order valence-electron chi connectivity index (χ4n) is 2.02. The first-order valence-electron chi connectivity index (χ1n) is 5.89. The van der Waals surface area contributed by atoms with Gasteiger partial charge in [0.15, 0.2) is 5.15 Å². The fourth-order valence-corrected chi connectivity index (χ4v) is 2.50. The van der Waals surface area contributed by atoms with E-state index in [1.165, 1.54) is 0 Å². The first-order valence-corrected chi connectivity index (χ1v) is 7.06. The second kappa shape index (κ2) is 5.55. The van der Waals surface area contributed by atoms with Crippen molar-refractivity contribution in [2.24, 2.45) is 0 Å². The average molecular weight is 333 g/mol. The summed E-state index contributed by atoms with van der Waals surface area (Å²) in [6, 6.07) is 1.75. The standard InChI is InChI=1S/C12H15BrClN3O/c1-12(4-2-3-5-16-12)11(18)17-9-6-8(13)7-15-10(9)14/h6-7,16H,2-5H2,1H3,(H,17,18). The van der Waals surface area contributed by atoms with Gasteiger partial charge in [-0.15, -0.1) is 0 Å². The van der Waals surface area contributed by atoms with E-state index in [0.717, 1.165) is 30.3 Å². The number of amides is 1. The van der Waals surface area contributed by atoms with E-state index in [2.05, 4.69) is 31.5 Å². The van der Waals surface area contributed by atoms with E-state index in [0.29, 0.717) is 10.8 Å². The average Bonchev–Trinajstić information content (AvgIpc) is 2.35. The Labute approximate surface area is 120 Å². The van der Waals surface area contributed by atoms with E-state index in [4.69, 9.17) is 11.6 Å². The van der Waals surface area contributed by atoms with Crippen molar-refractivity contribution in [3.05, 3.63) is 21.9 Å². The van der Waals surface area contributed by atoms with E-state index >= 15 is 0 Å². The van der Waals surface area contributed by atoms with Gasteiger partial charge in [-0.2, -0.15) is 0 Å². The number of nitrogens with one attached hydrogen (secondary N) is 2. The second-order valence-corrected chi connectivity index (χ2v) is 5.94. The number of carbonyl (C=O) groups excluding carboxylic acids is 1. The SMILES string of the molecule is CC1(C(=O)Nc2cc(Br)cnc2Cl)CCCCN1. The number of anilines is 1. The number of aromatic nitrogens is 1. The maximum Gasteiger partial charge on any atom is 0.244 e. The minimum Gasteiger partial charge on any atom is -0.322 e. The number of rotatable bonds is 2. The summed E-state index contributed by atoms with van der Waals surface area (Å²) in [4.78, 5) is 16.3. The molecule has 0 bridgehead atoms. The molecule has 98 valence electrons. The van der Waals surface area contributed by atoms with Crippen LogP contribution < -0.4 is 10.6 Å². The maximum absolute atomic E-state index is 12.3. The molecule has 1 unspecified atom stereocenters. The number of halogens is 2. The summed E-state index contributed by atoms with van der Waals surface area (Å²) in [5.74, 6) is -0.0657. The van der Waals surface area contributed by atoms with Crippen molar-refractivity contribution >= 4 is 39.1 Å². The van der Waals surface area contributed by atoms with Gasteiger partial charge in [-0.3, -0.25) is 4.79 Å². The Morgan fingerprint density at radius 1 is 1.61 bits per heavy atom. The molecule has 0 saturated carbocycles. The Kier molecular flexibility index (Phi) is 4.25. The van der Waals surface area contributed by atoms with E-state index in [1.54, 1.807) is 12.3 Å². The first-order chi connectivity index (χ1) is 8.51. The molecule has 1 aliphatic heterocycles. The third-order valence-electron chi connectivity index (χ3n) is 3.17. The number of piperidine rings is 1. The van der Waals surface area contributed by atoms with Gasteiger partial charge in [0.2, 0.25) is 5.91 Å². The molecule has 2 heterocycles. The summed E-state index contributed by atoms with van der Waals surface area (Å²) in [5, 5.41) is 6.39. The molecule has 0 radical (unpaired) electrons. The molecule has 1 aliphatic rings. The van der Waals surface area contributed by atoms with E-state index in [1.807, 2.05) is 6.92 Å². The summed E-state index contributed by atoms with van der Waals surface area (Å²) < 4.78 is 0.781. The summed E-state index contributed by atoms with van der Waals surface area (Å²) in [6.45, 7) is 2.79. The molecule has 1 aromatic heterocycles. The van der Waals surface area contributed by atoms with Gasteiger partial charge in [-0.05, 0) is 54.7 Å². The first kappa shape index (κ1) is 13.8. The van der Waals surface area contributed by atoms with Gasteiger partial charge in [-0.1, -0.05) is 11.6 Å². The van der Waals surface area contributed by atoms with Gasteiger partial charge in [0.25, 0.3) is 0 Å². The zero-order valence-electron chi connectivity index (χ0n) is 10.1. The topological polar surface area (TPSA) is 54.0 Å². The van der Waals surface area contributed by atoms with Crippen LogP contribution in [-0.2, 0) is 4.79 Å². The lowest BCUT2D eigenvalue weighted by molar-refractivity contribution is -0.122. The summed E-state index contributed by atoms with van der Waals surface area (Å²) in [5.41, 5.74) is 0.00816. The lowest BCUT2D eigenvalue weighted by atomic mass is 9.90. The highest BCUT2D eigenvalue weighted by atomic mass is 79.9. The highest BCUT2D eigenvalue weighted by Crippen LogP contribution is 2.26. The molecule has 1 aromatic rings. The van der Waals surface area contributed by atoms with Crippen molar-refractivity contribution in [1.82, 2.24) is 10.3 Å². The summed E-state index contributed by atoms with van der Waals surface area (Å²) in [7, 11) is 0. The van der Waals surface area contributed by atoms with Crippen LogP contribution in [0.4, 0.5) is 5.69 Å². The molecular formula is C12H15BrClN3O.